The number of allylic oxidation sites excluding steroid dienone is 1. The van der Waals surface area contributed by atoms with Gasteiger partial charge in [-0.25, -0.2) is 9.97 Å². The van der Waals surface area contributed by atoms with E-state index in [2.05, 4.69) is 43.9 Å². The van der Waals surface area contributed by atoms with Crippen LogP contribution in [0, 0.1) is 0 Å². The summed E-state index contributed by atoms with van der Waals surface area (Å²) in [6, 6.07) is 0.532. The number of fused-ring (bicyclic) bond motifs is 5. The molecule has 0 saturated heterocycles. The van der Waals surface area contributed by atoms with Gasteiger partial charge in [-0.2, -0.15) is 0 Å². The Hall–Kier alpha value is -1.92. The van der Waals surface area contributed by atoms with Crippen molar-refractivity contribution in [2.75, 3.05) is 18.1 Å². The Morgan fingerprint density at radius 2 is 2.35 bits per heavy atom. The van der Waals surface area contributed by atoms with Crippen LogP contribution in [0.25, 0.3) is 0 Å². The summed E-state index contributed by atoms with van der Waals surface area (Å²) in [7, 11) is 0. The zero-order chi connectivity index (χ0) is 13.1. The van der Waals surface area contributed by atoms with Gasteiger partial charge in [0, 0.05) is 19.2 Å². The summed E-state index contributed by atoms with van der Waals surface area (Å²) in [5.74, 6) is 0.988. The molecule has 0 spiro atoms. The van der Waals surface area contributed by atoms with Gasteiger partial charge in [-0.3, -0.25) is 5.32 Å². The van der Waals surface area contributed by atoms with Gasteiger partial charge >= 0.3 is 0 Å². The molecule has 1 aromatic rings. The number of aromatic nitrogens is 2. The molecule has 1 aromatic heterocycles. The van der Waals surface area contributed by atoms with E-state index < -0.39 is 0 Å². The van der Waals surface area contributed by atoms with Crippen LogP contribution in [0.1, 0.15) is 17.5 Å². The Bertz CT molecular complexity index is 640. The normalized spacial score (nSPS) is 32.9. The van der Waals surface area contributed by atoms with Crippen molar-refractivity contribution in [3.63, 3.8) is 0 Å². The van der Waals surface area contributed by atoms with E-state index in [0.29, 0.717) is 12.6 Å². The third-order valence-corrected chi connectivity index (χ3v) is 4.44. The quantitative estimate of drug-likeness (QED) is 0.702. The number of hydrogen-bond acceptors (Lipinski definition) is 6. The van der Waals surface area contributed by atoms with Crippen LogP contribution in [0.4, 0.5) is 5.82 Å². The van der Waals surface area contributed by atoms with Crippen LogP contribution in [-0.4, -0.2) is 35.2 Å². The van der Waals surface area contributed by atoms with Crippen molar-refractivity contribution in [2.24, 2.45) is 0 Å². The van der Waals surface area contributed by atoms with Crippen LogP contribution in [0.15, 0.2) is 30.4 Å². The minimum absolute atomic E-state index is 0.0820. The maximum atomic E-state index is 6.09. The highest BCUT2D eigenvalue weighted by molar-refractivity contribution is 5.58. The van der Waals surface area contributed by atoms with Crippen LogP contribution >= 0.6 is 0 Å². The minimum Gasteiger partial charge on any atom is -0.375 e. The first kappa shape index (κ1) is 10.8. The van der Waals surface area contributed by atoms with E-state index in [-0.39, 0.29) is 12.3 Å². The fourth-order valence-corrected chi connectivity index (χ4v) is 3.48. The summed E-state index contributed by atoms with van der Waals surface area (Å²) in [5, 5.41) is 6.90. The highest BCUT2D eigenvalue weighted by Gasteiger charge is 2.40. The van der Waals surface area contributed by atoms with E-state index >= 15 is 0 Å². The monoisotopic (exact) mass is 269 g/mol. The zero-order valence-corrected chi connectivity index (χ0v) is 10.9. The van der Waals surface area contributed by atoms with Crippen LogP contribution in [0.5, 0.6) is 0 Å². The predicted octanol–water partition coefficient (Wildman–Crippen LogP) is 0.209. The molecule has 4 aliphatic heterocycles. The van der Waals surface area contributed by atoms with E-state index in [0.717, 1.165) is 35.7 Å². The van der Waals surface area contributed by atoms with Gasteiger partial charge in [-0.1, -0.05) is 6.08 Å². The lowest BCUT2D eigenvalue weighted by Gasteiger charge is -2.35. The second-order valence-corrected chi connectivity index (χ2v) is 5.56. The molecule has 0 radical (unpaired) electrons. The lowest BCUT2D eigenvalue weighted by Crippen LogP contribution is -2.51. The summed E-state index contributed by atoms with van der Waals surface area (Å²) in [4.78, 5) is 11.2. The first-order chi connectivity index (χ1) is 9.90. The second-order valence-electron chi connectivity index (χ2n) is 5.56. The lowest BCUT2D eigenvalue weighted by molar-refractivity contribution is 0.0190. The lowest BCUT2D eigenvalue weighted by atomic mass is 10.0. The summed E-state index contributed by atoms with van der Waals surface area (Å²) in [6.45, 7) is 1.57. The second kappa shape index (κ2) is 3.80. The summed E-state index contributed by atoms with van der Waals surface area (Å²) >= 11 is 0. The van der Waals surface area contributed by atoms with Gasteiger partial charge in [0.05, 0.1) is 35.6 Å². The average molecular weight is 269 g/mol. The van der Waals surface area contributed by atoms with Gasteiger partial charge in [-0.15, -0.1) is 0 Å². The first-order valence-corrected chi connectivity index (χ1v) is 7.04. The van der Waals surface area contributed by atoms with Crippen LogP contribution in [0.3, 0.4) is 0 Å². The SMILES string of the molecule is C1=CC2NC1=CN1c3ncnc4c3C(NCC4)OCC21. The molecular weight excluding hydrogens is 254 g/mol. The Morgan fingerprint density at radius 3 is 3.35 bits per heavy atom. The fraction of sp³-hybridized carbons (Fsp3) is 0.429. The molecule has 6 heteroatoms. The summed E-state index contributed by atoms with van der Waals surface area (Å²) in [6.07, 6.45) is 8.99. The number of rotatable bonds is 0. The van der Waals surface area contributed by atoms with E-state index in [1.807, 2.05) is 0 Å². The molecule has 2 N–H and O–H groups in total. The standard InChI is InChI=1S/C14H15N5O/c1-2-9-11-6-20-14-12-10(3-4-15-14)16-7-17-13(12)19(11)5-8(1)18-9/h1-2,5,7,9,11,14-15,18H,3-4,6H2. The van der Waals surface area contributed by atoms with Crippen molar-refractivity contribution < 1.29 is 4.74 Å². The Kier molecular flexibility index (Phi) is 2.06. The maximum absolute atomic E-state index is 6.09. The topological polar surface area (TPSA) is 62.3 Å². The predicted molar refractivity (Wildman–Crippen MR) is 72.8 cm³/mol. The Balaban J connectivity index is 1.71. The maximum Gasteiger partial charge on any atom is 0.143 e. The van der Waals surface area contributed by atoms with Gasteiger partial charge in [0.25, 0.3) is 0 Å². The zero-order valence-electron chi connectivity index (χ0n) is 10.9. The summed E-state index contributed by atoms with van der Waals surface area (Å²) < 4.78 is 6.09. The molecule has 5 heterocycles. The number of nitrogens with zero attached hydrogens (tertiary/aromatic N) is 3. The largest absolute Gasteiger partial charge is 0.375 e. The van der Waals surface area contributed by atoms with Crippen molar-refractivity contribution >= 4 is 5.82 Å². The van der Waals surface area contributed by atoms with Crippen molar-refractivity contribution in [1.29, 1.82) is 0 Å². The molecule has 0 aromatic carbocycles. The molecular formula is C14H15N5O. The van der Waals surface area contributed by atoms with Crippen LogP contribution in [-0.2, 0) is 11.2 Å². The van der Waals surface area contributed by atoms with Crippen molar-refractivity contribution in [2.45, 2.75) is 24.7 Å². The van der Waals surface area contributed by atoms with Gasteiger partial charge in [0.15, 0.2) is 0 Å². The third kappa shape index (κ3) is 1.35. The molecule has 20 heavy (non-hydrogen) atoms. The number of anilines is 1. The highest BCUT2D eigenvalue weighted by atomic mass is 16.5. The van der Waals surface area contributed by atoms with Crippen LogP contribution < -0.4 is 15.5 Å². The van der Waals surface area contributed by atoms with Gasteiger partial charge in [0.1, 0.15) is 18.4 Å². The molecule has 6 nitrogen and oxygen atoms in total. The van der Waals surface area contributed by atoms with E-state index in [1.165, 1.54) is 0 Å². The van der Waals surface area contributed by atoms with Gasteiger partial charge in [0.2, 0.25) is 0 Å². The summed E-state index contributed by atoms with van der Waals surface area (Å²) in [5.41, 5.74) is 3.36. The number of hydrogen-bond donors (Lipinski definition) is 2. The molecule has 0 aliphatic carbocycles. The third-order valence-electron chi connectivity index (χ3n) is 4.44. The molecule has 0 saturated carbocycles. The molecule has 5 rings (SSSR count). The minimum atomic E-state index is -0.0820. The Labute approximate surface area is 116 Å². The highest BCUT2D eigenvalue weighted by Crippen LogP contribution is 2.37. The number of nitrogens with one attached hydrogen (secondary N) is 2. The van der Waals surface area contributed by atoms with Crippen molar-refractivity contribution in [1.82, 2.24) is 20.6 Å². The van der Waals surface area contributed by atoms with Gasteiger partial charge in [-0.05, 0) is 6.08 Å². The first-order valence-electron chi connectivity index (χ1n) is 7.04. The number of ether oxygens (including phenoxy) is 1. The van der Waals surface area contributed by atoms with E-state index in [9.17, 15) is 0 Å². The smallest absolute Gasteiger partial charge is 0.143 e. The molecule has 3 atom stereocenters. The molecule has 3 unspecified atom stereocenters. The van der Waals surface area contributed by atoms with Crippen molar-refractivity contribution in [3.8, 4) is 0 Å². The van der Waals surface area contributed by atoms with Crippen LogP contribution in [0.2, 0.25) is 0 Å². The van der Waals surface area contributed by atoms with Gasteiger partial charge < -0.3 is 15.0 Å². The van der Waals surface area contributed by atoms with E-state index in [1.54, 1.807) is 6.33 Å². The molecule has 0 amide bonds. The molecule has 102 valence electrons. The molecule has 2 bridgehead atoms. The average Bonchev–Trinajstić information content (AvgIpc) is 2.79. The molecule has 0 fully saturated rings. The Morgan fingerprint density at radius 1 is 1.35 bits per heavy atom. The fourth-order valence-electron chi connectivity index (χ4n) is 3.48. The van der Waals surface area contributed by atoms with E-state index in [4.69, 9.17) is 4.74 Å². The molecule has 4 aliphatic rings. The van der Waals surface area contributed by atoms with Crippen molar-refractivity contribution in [3.05, 3.63) is 41.6 Å².